The molecular weight excluding hydrogens is 198 g/mol. The van der Waals surface area contributed by atoms with E-state index in [-0.39, 0.29) is 12.5 Å². The summed E-state index contributed by atoms with van der Waals surface area (Å²) < 4.78 is 0. The van der Waals surface area contributed by atoms with Crippen LogP contribution in [0.2, 0.25) is 0 Å². The fourth-order valence-electron chi connectivity index (χ4n) is 2.18. The lowest BCUT2D eigenvalue weighted by atomic mass is 9.87. The lowest BCUT2D eigenvalue weighted by molar-refractivity contribution is 0.217. The van der Waals surface area contributed by atoms with Crippen LogP contribution < -0.4 is 5.73 Å². The lowest BCUT2D eigenvalue weighted by Gasteiger charge is -2.20. The predicted molar refractivity (Wildman–Crippen MR) is 68.6 cm³/mol. The molecule has 0 heterocycles. The third kappa shape index (κ3) is 3.06. The second-order valence-electron chi connectivity index (χ2n) is 4.71. The molecule has 0 aliphatic rings. The minimum Gasteiger partial charge on any atom is -0.396 e. The Balaban J connectivity index is 2.80. The molecule has 0 saturated carbocycles. The molecule has 0 amide bonds. The Labute approximate surface area is 98.5 Å². The zero-order valence-electron chi connectivity index (χ0n) is 10.5. The molecule has 1 aromatic carbocycles. The summed E-state index contributed by atoms with van der Waals surface area (Å²) in [4.78, 5) is 0. The number of hydrogen-bond acceptors (Lipinski definition) is 2. The number of hydrogen-bond donors (Lipinski definition) is 2. The Bertz CT molecular complexity index is 332. The maximum atomic E-state index is 9.17. The maximum absolute atomic E-state index is 9.17. The van der Waals surface area contributed by atoms with Crippen molar-refractivity contribution in [2.24, 2.45) is 11.7 Å². The van der Waals surface area contributed by atoms with Crippen LogP contribution in [-0.2, 0) is 0 Å². The van der Waals surface area contributed by atoms with Crippen molar-refractivity contribution in [3.8, 4) is 0 Å². The van der Waals surface area contributed by atoms with Gasteiger partial charge in [0.05, 0.1) is 0 Å². The molecule has 2 unspecified atom stereocenters. The number of benzene rings is 1. The van der Waals surface area contributed by atoms with Gasteiger partial charge in [-0.1, -0.05) is 25.1 Å². The zero-order valence-corrected chi connectivity index (χ0v) is 10.5. The molecule has 0 aliphatic heterocycles. The van der Waals surface area contributed by atoms with E-state index in [0.29, 0.717) is 12.5 Å². The Morgan fingerprint density at radius 2 is 2.00 bits per heavy atom. The van der Waals surface area contributed by atoms with Crippen LogP contribution in [0.4, 0.5) is 0 Å². The Morgan fingerprint density at radius 1 is 1.31 bits per heavy atom. The first-order valence-corrected chi connectivity index (χ1v) is 5.97. The van der Waals surface area contributed by atoms with Crippen molar-refractivity contribution in [3.05, 3.63) is 34.9 Å². The SMILES string of the molecule is Cc1cccc(C(C)CC(CN)CO)c1C. The van der Waals surface area contributed by atoms with E-state index in [2.05, 4.69) is 39.0 Å². The molecule has 90 valence electrons. The number of nitrogens with two attached hydrogens (primary N) is 1. The van der Waals surface area contributed by atoms with Gasteiger partial charge in [-0.25, -0.2) is 0 Å². The molecule has 3 N–H and O–H groups in total. The molecule has 0 aromatic heterocycles. The summed E-state index contributed by atoms with van der Waals surface area (Å²) in [5.74, 6) is 0.676. The van der Waals surface area contributed by atoms with E-state index < -0.39 is 0 Å². The summed E-state index contributed by atoms with van der Waals surface area (Å²) in [5.41, 5.74) is 9.69. The average Bonchev–Trinajstić information content (AvgIpc) is 2.29. The summed E-state index contributed by atoms with van der Waals surface area (Å²) in [7, 11) is 0. The summed E-state index contributed by atoms with van der Waals surface area (Å²) in [6, 6.07) is 6.42. The van der Waals surface area contributed by atoms with Crippen molar-refractivity contribution in [3.63, 3.8) is 0 Å². The molecule has 2 nitrogen and oxygen atoms in total. The molecule has 0 bridgehead atoms. The van der Waals surface area contributed by atoms with Gasteiger partial charge in [0, 0.05) is 6.61 Å². The van der Waals surface area contributed by atoms with Crippen molar-refractivity contribution < 1.29 is 5.11 Å². The van der Waals surface area contributed by atoms with Crippen molar-refractivity contribution >= 4 is 0 Å². The number of aliphatic hydroxyl groups is 1. The van der Waals surface area contributed by atoms with Gasteiger partial charge in [-0.2, -0.15) is 0 Å². The van der Waals surface area contributed by atoms with E-state index >= 15 is 0 Å². The summed E-state index contributed by atoms with van der Waals surface area (Å²) in [5, 5.41) is 9.17. The van der Waals surface area contributed by atoms with Crippen LogP contribution in [0.25, 0.3) is 0 Å². The van der Waals surface area contributed by atoms with Crippen LogP contribution in [0.1, 0.15) is 36.0 Å². The smallest absolute Gasteiger partial charge is 0.0471 e. The number of aryl methyl sites for hydroxylation is 1. The van der Waals surface area contributed by atoms with E-state index in [1.165, 1.54) is 16.7 Å². The quantitative estimate of drug-likeness (QED) is 0.802. The van der Waals surface area contributed by atoms with Crippen LogP contribution in [-0.4, -0.2) is 18.3 Å². The van der Waals surface area contributed by atoms with Crippen molar-refractivity contribution in [1.82, 2.24) is 0 Å². The normalized spacial score (nSPS) is 14.8. The summed E-state index contributed by atoms with van der Waals surface area (Å²) in [6.07, 6.45) is 0.956. The Morgan fingerprint density at radius 3 is 2.56 bits per heavy atom. The molecular formula is C14H23NO. The first kappa shape index (κ1) is 13.2. The standard InChI is InChI=1S/C14H23NO/c1-10-5-4-6-14(12(10)3)11(2)7-13(8-15)9-16/h4-6,11,13,16H,7-9,15H2,1-3H3. The average molecular weight is 221 g/mol. The Hall–Kier alpha value is -0.860. The van der Waals surface area contributed by atoms with E-state index in [1.54, 1.807) is 0 Å². The Kier molecular flexibility index (Phi) is 4.97. The first-order valence-electron chi connectivity index (χ1n) is 5.97. The van der Waals surface area contributed by atoms with Crippen LogP contribution in [0.15, 0.2) is 18.2 Å². The van der Waals surface area contributed by atoms with Crippen LogP contribution in [0.5, 0.6) is 0 Å². The van der Waals surface area contributed by atoms with Crippen LogP contribution in [0.3, 0.4) is 0 Å². The van der Waals surface area contributed by atoms with Gasteiger partial charge < -0.3 is 10.8 Å². The van der Waals surface area contributed by atoms with Crippen molar-refractivity contribution in [2.75, 3.05) is 13.2 Å². The lowest BCUT2D eigenvalue weighted by Crippen LogP contribution is -2.20. The van der Waals surface area contributed by atoms with Gasteiger partial charge in [0.2, 0.25) is 0 Å². The topological polar surface area (TPSA) is 46.2 Å². The molecule has 0 radical (unpaired) electrons. The molecule has 2 heteroatoms. The third-order valence-corrected chi connectivity index (χ3v) is 3.46. The van der Waals surface area contributed by atoms with Gasteiger partial charge >= 0.3 is 0 Å². The minimum absolute atomic E-state index is 0.186. The van der Waals surface area contributed by atoms with Crippen molar-refractivity contribution in [1.29, 1.82) is 0 Å². The third-order valence-electron chi connectivity index (χ3n) is 3.46. The number of aliphatic hydroxyl groups excluding tert-OH is 1. The molecule has 2 atom stereocenters. The van der Waals surface area contributed by atoms with Gasteiger partial charge in [-0.3, -0.25) is 0 Å². The molecule has 0 spiro atoms. The first-order chi connectivity index (χ1) is 7.60. The maximum Gasteiger partial charge on any atom is 0.0471 e. The molecule has 1 aromatic rings. The van der Waals surface area contributed by atoms with E-state index in [4.69, 9.17) is 10.8 Å². The molecule has 0 fully saturated rings. The van der Waals surface area contributed by atoms with Gasteiger partial charge in [-0.05, 0) is 55.3 Å². The van der Waals surface area contributed by atoms with E-state index in [1.807, 2.05) is 0 Å². The predicted octanol–water partition coefficient (Wildman–Crippen LogP) is 2.36. The number of rotatable bonds is 5. The van der Waals surface area contributed by atoms with Crippen LogP contribution in [0, 0.1) is 19.8 Å². The molecule has 16 heavy (non-hydrogen) atoms. The highest BCUT2D eigenvalue weighted by atomic mass is 16.3. The molecule has 0 aliphatic carbocycles. The van der Waals surface area contributed by atoms with Gasteiger partial charge in [0.15, 0.2) is 0 Å². The van der Waals surface area contributed by atoms with Gasteiger partial charge in [-0.15, -0.1) is 0 Å². The second kappa shape index (κ2) is 6.02. The fourth-order valence-corrected chi connectivity index (χ4v) is 2.18. The summed E-state index contributed by atoms with van der Waals surface area (Å²) in [6.45, 7) is 7.26. The minimum atomic E-state index is 0.186. The highest BCUT2D eigenvalue weighted by Crippen LogP contribution is 2.27. The molecule has 0 saturated heterocycles. The van der Waals surface area contributed by atoms with E-state index in [9.17, 15) is 0 Å². The summed E-state index contributed by atoms with van der Waals surface area (Å²) >= 11 is 0. The largest absolute Gasteiger partial charge is 0.396 e. The monoisotopic (exact) mass is 221 g/mol. The fraction of sp³-hybridized carbons (Fsp3) is 0.571. The van der Waals surface area contributed by atoms with E-state index in [0.717, 1.165) is 6.42 Å². The highest BCUT2D eigenvalue weighted by molar-refractivity contribution is 5.35. The van der Waals surface area contributed by atoms with Gasteiger partial charge in [0.1, 0.15) is 0 Å². The zero-order chi connectivity index (χ0) is 12.1. The second-order valence-corrected chi connectivity index (χ2v) is 4.71. The van der Waals surface area contributed by atoms with Gasteiger partial charge in [0.25, 0.3) is 0 Å². The highest BCUT2D eigenvalue weighted by Gasteiger charge is 2.14. The van der Waals surface area contributed by atoms with Crippen molar-refractivity contribution in [2.45, 2.75) is 33.1 Å². The van der Waals surface area contributed by atoms with Crippen LogP contribution >= 0.6 is 0 Å². The molecule has 1 rings (SSSR count).